The van der Waals surface area contributed by atoms with Gasteiger partial charge >= 0.3 is 51.4 Å². The summed E-state index contributed by atoms with van der Waals surface area (Å²) in [5.41, 5.74) is 5.12. The van der Waals surface area contributed by atoms with E-state index in [0.29, 0.717) is 6.54 Å². The number of carboxylic acid groups (broad SMARTS) is 1. The molecule has 0 aliphatic rings. The normalized spacial score (nSPS) is 11.2. The second kappa shape index (κ2) is 9.11. The Morgan fingerprint density at radius 3 is 2.46 bits per heavy atom. The van der Waals surface area contributed by atoms with Gasteiger partial charge in [-0.15, -0.1) is 0 Å². The van der Waals surface area contributed by atoms with Crippen LogP contribution in [0.25, 0.3) is 0 Å². The standard InChI is InChI=1S/C7H14N2O3.K/c1-2-9-6(10)4-3-5(8)7(11)12;/h5H,2-4,8H2,1H3,(H,9,10)(H,11,12);/q;+1/p-1/t5-;/m0./s1. The third-order valence-corrected chi connectivity index (χ3v) is 1.36. The molecule has 0 bridgehead atoms. The van der Waals surface area contributed by atoms with Crippen LogP contribution in [0.15, 0.2) is 0 Å². The number of rotatable bonds is 5. The molecule has 70 valence electrons. The number of aliphatic carboxylic acids is 1. The van der Waals surface area contributed by atoms with Crippen LogP contribution in [-0.4, -0.2) is 24.5 Å². The van der Waals surface area contributed by atoms with E-state index in [0.717, 1.165) is 0 Å². The largest absolute Gasteiger partial charge is 1.00 e. The smallest absolute Gasteiger partial charge is 0.548 e. The van der Waals surface area contributed by atoms with Crippen molar-refractivity contribution in [2.75, 3.05) is 6.54 Å². The molecule has 0 heterocycles. The van der Waals surface area contributed by atoms with Crippen molar-refractivity contribution in [1.82, 2.24) is 5.32 Å². The maximum Gasteiger partial charge on any atom is 1.00 e. The van der Waals surface area contributed by atoms with Gasteiger partial charge in [-0.3, -0.25) is 4.79 Å². The minimum Gasteiger partial charge on any atom is -0.548 e. The van der Waals surface area contributed by atoms with Crippen LogP contribution in [0.1, 0.15) is 19.8 Å². The first-order valence-electron chi connectivity index (χ1n) is 3.81. The zero-order chi connectivity index (χ0) is 9.56. The molecule has 0 saturated heterocycles. The fraction of sp³-hybridized carbons (Fsp3) is 0.714. The number of carboxylic acids is 1. The van der Waals surface area contributed by atoms with Gasteiger partial charge in [0.05, 0.1) is 5.97 Å². The monoisotopic (exact) mass is 212 g/mol. The molecular formula is C7H13KN2O3. The fourth-order valence-electron chi connectivity index (χ4n) is 0.690. The molecular weight excluding hydrogens is 199 g/mol. The molecule has 0 radical (unpaired) electrons. The molecule has 1 atom stereocenters. The molecule has 0 rings (SSSR count). The van der Waals surface area contributed by atoms with Crippen LogP contribution in [0.2, 0.25) is 0 Å². The van der Waals surface area contributed by atoms with Crippen molar-refractivity contribution in [3.05, 3.63) is 0 Å². The van der Waals surface area contributed by atoms with Gasteiger partial charge in [-0.05, 0) is 13.3 Å². The number of carbonyl (C=O) groups is 2. The Morgan fingerprint density at radius 2 is 2.08 bits per heavy atom. The number of amides is 1. The van der Waals surface area contributed by atoms with Crippen LogP contribution < -0.4 is 67.5 Å². The minimum atomic E-state index is -1.32. The molecule has 0 fully saturated rings. The molecule has 0 aromatic heterocycles. The number of hydrogen-bond acceptors (Lipinski definition) is 4. The molecule has 0 spiro atoms. The molecule has 0 aromatic carbocycles. The second-order valence-corrected chi connectivity index (χ2v) is 2.42. The second-order valence-electron chi connectivity index (χ2n) is 2.42. The van der Waals surface area contributed by atoms with Crippen molar-refractivity contribution >= 4 is 11.9 Å². The zero-order valence-electron chi connectivity index (χ0n) is 8.00. The average molecular weight is 212 g/mol. The Bertz CT molecular complexity index is 175. The van der Waals surface area contributed by atoms with E-state index in [1.165, 1.54) is 0 Å². The first-order chi connectivity index (χ1) is 5.57. The number of carbonyl (C=O) groups excluding carboxylic acids is 2. The topological polar surface area (TPSA) is 95.2 Å². The van der Waals surface area contributed by atoms with Gasteiger partial charge < -0.3 is 21.0 Å². The summed E-state index contributed by atoms with van der Waals surface area (Å²) in [6, 6.07) is -1.05. The molecule has 0 aliphatic heterocycles. The SMILES string of the molecule is CCNC(=O)CC[C@H](N)C(=O)[O-].[K+]. The van der Waals surface area contributed by atoms with Crippen molar-refractivity contribution in [3.8, 4) is 0 Å². The summed E-state index contributed by atoms with van der Waals surface area (Å²) in [7, 11) is 0. The van der Waals surface area contributed by atoms with Crippen molar-refractivity contribution in [3.63, 3.8) is 0 Å². The van der Waals surface area contributed by atoms with Crippen LogP contribution in [0.4, 0.5) is 0 Å². The molecule has 0 saturated carbocycles. The van der Waals surface area contributed by atoms with Gasteiger partial charge in [-0.1, -0.05) is 0 Å². The molecule has 13 heavy (non-hydrogen) atoms. The maximum atomic E-state index is 10.8. The van der Waals surface area contributed by atoms with Crippen molar-refractivity contribution in [2.24, 2.45) is 5.73 Å². The van der Waals surface area contributed by atoms with Gasteiger partial charge in [0, 0.05) is 19.0 Å². The van der Waals surface area contributed by atoms with Crippen LogP contribution in [-0.2, 0) is 9.59 Å². The Labute approximate surface area is 120 Å². The maximum absolute atomic E-state index is 10.8. The quantitative estimate of drug-likeness (QED) is 0.446. The van der Waals surface area contributed by atoms with Crippen LogP contribution in [0.5, 0.6) is 0 Å². The average Bonchev–Trinajstić information content (AvgIpc) is 2.00. The third-order valence-electron chi connectivity index (χ3n) is 1.36. The molecule has 0 aliphatic carbocycles. The third kappa shape index (κ3) is 8.86. The summed E-state index contributed by atoms with van der Waals surface area (Å²) >= 11 is 0. The Kier molecular flexibility index (Phi) is 11.2. The molecule has 0 aromatic rings. The number of nitrogens with two attached hydrogens (primary N) is 1. The molecule has 5 nitrogen and oxygen atoms in total. The first kappa shape index (κ1) is 16.0. The molecule has 6 heteroatoms. The van der Waals surface area contributed by atoms with E-state index >= 15 is 0 Å². The predicted octanol–water partition coefficient (Wildman–Crippen LogP) is -5.02. The van der Waals surface area contributed by atoms with Crippen molar-refractivity contribution < 1.29 is 66.1 Å². The number of hydrogen-bond donors (Lipinski definition) is 2. The summed E-state index contributed by atoms with van der Waals surface area (Å²) in [6.07, 6.45) is 0.247. The van der Waals surface area contributed by atoms with E-state index in [2.05, 4.69) is 5.32 Å². The van der Waals surface area contributed by atoms with E-state index in [4.69, 9.17) is 5.73 Å². The van der Waals surface area contributed by atoms with Crippen LogP contribution >= 0.6 is 0 Å². The predicted molar refractivity (Wildman–Crippen MR) is 40.9 cm³/mol. The van der Waals surface area contributed by atoms with Gasteiger partial charge in [0.1, 0.15) is 0 Å². The van der Waals surface area contributed by atoms with Gasteiger partial charge in [0.25, 0.3) is 0 Å². The van der Waals surface area contributed by atoms with Gasteiger partial charge in [0.15, 0.2) is 0 Å². The Morgan fingerprint density at radius 1 is 1.54 bits per heavy atom. The summed E-state index contributed by atoms with van der Waals surface area (Å²) in [4.78, 5) is 20.9. The fourth-order valence-corrected chi connectivity index (χ4v) is 0.690. The van der Waals surface area contributed by atoms with E-state index < -0.39 is 12.0 Å². The van der Waals surface area contributed by atoms with Gasteiger partial charge in [-0.25, -0.2) is 0 Å². The van der Waals surface area contributed by atoms with Gasteiger partial charge in [-0.2, -0.15) is 0 Å². The Hall–Kier alpha value is 0.536. The van der Waals surface area contributed by atoms with E-state index in [1.807, 2.05) is 0 Å². The molecule has 3 N–H and O–H groups in total. The minimum absolute atomic E-state index is 0. The van der Waals surface area contributed by atoms with Crippen LogP contribution in [0.3, 0.4) is 0 Å². The summed E-state index contributed by atoms with van der Waals surface area (Å²) in [5.74, 6) is -1.51. The molecule has 0 unspecified atom stereocenters. The molecule has 1 amide bonds. The Balaban J connectivity index is 0. The van der Waals surface area contributed by atoms with Crippen molar-refractivity contribution in [2.45, 2.75) is 25.8 Å². The van der Waals surface area contributed by atoms with Crippen LogP contribution in [0, 0.1) is 0 Å². The van der Waals surface area contributed by atoms with E-state index in [-0.39, 0.29) is 70.1 Å². The van der Waals surface area contributed by atoms with Crippen molar-refractivity contribution in [1.29, 1.82) is 0 Å². The van der Waals surface area contributed by atoms with E-state index in [9.17, 15) is 14.7 Å². The van der Waals surface area contributed by atoms with Gasteiger partial charge in [0.2, 0.25) is 5.91 Å². The summed E-state index contributed by atoms with van der Waals surface area (Å²) < 4.78 is 0. The first-order valence-corrected chi connectivity index (χ1v) is 3.81. The number of nitrogens with one attached hydrogen (secondary N) is 1. The van der Waals surface area contributed by atoms with E-state index in [1.54, 1.807) is 6.92 Å². The summed E-state index contributed by atoms with van der Waals surface area (Å²) in [6.45, 7) is 2.33. The zero-order valence-corrected chi connectivity index (χ0v) is 11.1. The summed E-state index contributed by atoms with van der Waals surface area (Å²) in [5, 5.41) is 12.6.